The van der Waals surface area contributed by atoms with Gasteiger partial charge in [-0.15, -0.1) is 0 Å². The van der Waals surface area contributed by atoms with E-state index >= 15 is 0 Å². The van der Waals surface area contributed by atoms with Crippen LogP contribution in [-0.2, 0) is 9.47 Å². The third-order valence-corrected chi connectivity index (χ3v) is 2.15. The molecule has 0 aliphatic carbocycles. The van der Waals surface area contributed by atoms with Gasteiger partial charge < -0.3 is 14.8 Å². The second-order valence-electron chi connectivity index (χ2n) is 3.26. The van der Waals surface area contributed by atoms with Crippen LogP contribution in [-0.4, -0.2) is 31.6 Å². The van der Waals surface area contributed by atoms with E-state index in [4.69, 9.17) is 9.47 Å². The summed E-state index contributed by atoms with van der Waals surface area (Å²) < 4.78 is 11.2. The van der Waals surface area contributed by atoms with E-state index in [0.29, 0.717) is 19.3 Å². The Bertz CT molecular complexity index is 127. The Balaban J connectivity index is 2.48. The highest BCUT2D eigenvalue weighted by Gasteiger charge is 2.38. The van der Waals surface area contributed by atoms with Gasteiger partial charge in [0.1, 0.15) is 0 Å². The van der Waals surface area contributed by atoms with Crippen molar-refractivity contribution in [2.24, 2.45) is 0 Å². The molecule has 12 heavy (non-hydrogen) atoms. The molecule has 3 heteroatoms. The van der Waals surface area contributed by atoms with E-state index in [0.717, 1.165) is 13.0 Å². The molecule has 0 spiro atoms. The highest BCUT2D eigenvalue weighted by atomic mass is 16.7. The van der Waals surface area contributed by atoms with Crippen LogP contribution in [0, 0.1) is 0 Å². The second-order valence-corrected chi connectivity index (χ2v) is 3.26. The zero-order valence-electron chi connectivity index (χ0n) is 8.22. The average Bonchev–Trinajstić information content (AvgIpc) is 2.34. The second kappa shape index (κ2) is 4.21. The lowest BCUT2D eigenvalue weighted by atomic mass is 10.2. The zero-order valence-corrected chi connectivity index (χ0v) is 8.22. The van der Waals surface area contributed by atoms with E-state index in [1.165, 1.54) is 0 Å². The van der Waals surface area contributed by atoms with Gasteiger partial charge in [-0.1, -0.05) is 0 Å². The molecule has 1 aliphatic rings. The fourth-order valence-corrected chi connectivity index (χ4v) is 1.73. The highest BCUT2D eigenvalue weighted by molar-refractivity contribution is 4.86. The molecule has 0 aromatic carbocycles. The number of rotatable bonds is 4. The Hall–Kier alpha value is -0.120. The molecule has 1 saturated heterocycles. The molecule has 1 aliphatic heterocycles. The van der Waals surface area contributed by atoms with Crippen LogP contribution in [0.25, 0.3) is 0 Å². The normalized spacial score (nSPS) is 27.8. The van der Waals surface area contributed by atoms with Gasteiger partial charge in [0, 0.05) is 25.7 Å². The van der Waals surface area contributed by atoms with Gasteiger partial charge >= 0.3 is 0 Å². The summed E-state index contributed by atoms with van der Waals surface area (Å²) in [4.78, 5) is 0. The molecule has 0 amide bonds. The van der Waals surface area contributed by atoms with Gasteiger partial charge in [0.15, 0.2) is 5.79 Å². The van der Waals surface area contributed by atoms with Crippen LogP contribution in [0.3, 0.4) is 0 Å². The van der Waals surface area contributed by atoms with Crippen molar-refractivity contribution in [3.05, 3.63) is 0 Å². The molecule has 1 heterocycles. The van der Waals surface area contributed by atoms with E-state index in [9.17, 15) is 0 Å². The van der Waals surface area contributed by atoms with Gasteiger partial charge in [-0.25, -0.2) is 0 Å². The van der Waals surface area contributed by atoms with Crippen LogP contribution in [0.15, 0.2) is 0 Å². The van der Waals surface area contributed by atoms with E-state index in [-0.39, 0.29) is 5.79 Å². The molecule has 1 fully saturated rings. The van der Waals surface area contributed by atoms with Crippen molar-refractivity contribution in [2.75, 3.05) is 19.8 Å². The Morgan fingerprint density at radius 3 is 2.25 bits per heavy atom. The van der Waals surface area contributed by atoms with Crippen LogP contribution in [0.5, 0.6) is 0 Å². The van der Waals surface area contributed by atoms with Crippen LogP contribution < -0.4 is 5.32 Å². The van der Waals surface area contributed by atoms with Crippen LogP contribution in [0.4, 0.5) is 0 Å². The molecule has 72 valence electrons. The summed E-state index contributed by atoms with van der Waals surface area (Å²) in [5.74, 6) is -0.344. The van der Waals surface area contributed by atoms with Crippen molar-refractivity contribution in [1.82, 2.24) is 5.32 Å². The molecule has 0 unspecified atom stereocenters. The van der Waals surface area contributed by atoms with Crippen molar-refractivity contribution < 1.29 is 9.47 Å². The van der Waals surface area contributed by atoms with Gasteiger partial charge in [0.2, 0.25) is 0 Å². The highest BCUT2D eigenvalue weighted by Crippen LogP contribution is 2.24. The summed E-state index contributed by atoms with van der Waals surface area (Å²) in [5, 5.41) is 3.33. The molecule has 0 radical (unpaired) electrons. The van der Waals surface area contributed by atoms with Gasteiger partial charge in [-0.2, -0.15) is 0 Å². The lowest BCUT2D eigenvalue weighted by Crippen LogP contribution is -2.38. The average molecular weight is 173 g/mol. The Labute approximate surface area is 74.4 Å². The minimum Gasteiger partial charge on any atom is -0.349 e. The van der Waals surface area contributed by atoms with Gasteiger partial charge in [0.05, 0.1) is 6.54 Å². The summed E-state index contributed by atoms with van der Waals surface area (Å²) in [6.45, 7) is 8.41. The van der Waals surface area contributed by atoms with Crippen LogP contribution in [0.2, 0.25) is 0 Å². The van der Waals surface area contributed by atoms with Gasteiger partial charge in [-0.05, 0) is 20.8 Å². The zero-order chi connectivity index (χ0) is 9.03. The third kappa shape index (κ3) is 2.19. The SMILES string of the molecule is CCOC1(OCC)CN[C@H](C)C1. The van der Waals surface area contributed by atoms with E-state index < -0.39 is 0 Å². The fraction of sp³-hybridized carbons (Fsp3) is 1.00. The summed E-state index contributed by atoms with van der Waals surface area (Å²) in [6.07, 6.45) is 0.953. The lowest BCUT2D eigenvalue weighted by molar-refractivity contribution is -0.219. The summed E-state index contributed by atoms with van der Waals surface area (Å²) in [7, 11) is 0. The molecule has 1 N–H and O–H groups in total. The molecule has 0 aromatic rings. The molecule has 1 atom stereocenters. The number of hydrogen-bond donors (Lipinski definition) is 1. The van der Waals surface area contributed by atoms with Crippen LogP contribution in [0.1, 0.15) is 27.2 Å². The predicted molar refractivity (Wildman–Crippen MR) is 48.1 cm³/mol. The summed E-state index contributed by atoms with van der Waals surface area (Å²) >= 11 is 0. The minimum atomic E-state index is -0.344. The quantitative estimate of drug-likeness (QED) is 0.647. The lowest BCUT2D eigenvalue weighted by Gasteiger charge is -2.27. The molecule has 0 saturated carbocycles. The molecule has 1 rings (SSSR count). The first-order chi connectivity index (χ1) is 5.72. The molecule has 0 aromatic heterocycles. The molecule has 0 bridgehead atoms. The number of nitrogens with one attached hydrogen (secondary N) is 1. The van der Waals surface area contributed by atoms with E-state index in [1.807, 2.05) is 13.8 Å². The van der Waals surface area contributed by atoms with Crippen molar-refractivity contribution in [3.8, 4) is 0 Å². The summed E-state index contributed by atoms with van der Waals surface area (Å²) in [5.41, 5.74) is 0. The molecular weight excluding hydrogens is 154 g/mol. The smallest absolute Gasteiger partial charge is 0.182 e. The maximum atomic E-state index is 5.62. The topological polar surface area (TPSA) is 30.5 Å². The Morgan fingerprint density at radius 1 is 1.33 bits per heavy atom. The number of hydrogen-bond acceptors (Lipinski definition) is 3. The maximum absolute atomic E-state index is 5.62. The monoisotopic (exact) mass is 173 g/mol. The van der Waals surface area contributed by atoms with Crippen LogP contribution >= 0.6 is 0 Å². The standard InChI is InChI=1S/C9H19NO2/c1-4-11-9(12-5-2)6-8(3)10-7-9/h8,10H,4-7H2,1-3H3/t8-/m1/s1. The predicted octanol–water partition coefficient (Wildman–Crippen LogP) is 1.14. The van der Waals surface area contributed by atoms with Gasteiger partial charge in [-0.3, -0.25) is 0 Å². The summed E-state index contributed by atoms with van der Waals surface area (Å²) in [6, 6.07) is 0.503. The van der Waals surface area contributed by atoms with Gasteiger partial charge in [0.25, 0.3) is 0 Å². The first kappa shape index (κ1) is 9.96. The number of ether oxygens (including phenoxy) is 2. The van der Waals surface area contributed by atoms with E-state index in [2.05, 4.69) is 12.2 Å². The Kier molecular flexibility index (Phi) is 3.50. The minimum absolute atomic E-state index is 0.344. The van der Waals surface area contributed by atoms with Crippen molar-refractivity contribution in [2.45, 2.75) is 39.0 Å². The first-order valence-electron chi connectivity index (χ1n) is 4.73. The van der Waals surface area contributed by atoms with Crippen molar-refractivity contribution in [3.63, 3.8) is 0 Å². The van der Waals surface area contributed by atoms with Crippen molar-refractivity contribution in [1.29, 1.82) is 0 Å². The molecular formula is C9H19NO2. The third-order valence-electron chi connectivity index (χ3n) is 2.15. The first-order valence-corrected chi connectivity index (χ1v) is 4.73. The molecule has 3 nitrogen and oxygen atoms in total. The largest absolute Gasteiger partial charge is 0.349 e. The van der Waals surface area contributed by atoms with E-state index in [1.54, 1.807) is 0 Å². The fourth-order valence-electron chi connectivity index (χ4n) is 1.73. The Morgan fingerprint density at radius 2 is 1.92 bits per heavy atom. The maximum Gasteiger partial charge on any atom is 0.182 e. The van der Waals surface area contributed by atoms with Crippen molar-refractivity contribution >= 4 is 0 Å².